The highest BCUT2D eigenvalue weighted by atomic mass is 19.4. The lowest BCUT2D eigenvalue weighted by molar-refractivity contribution is -0.223. The summed E-state index contributed by atoms with van der Waals surface area (Å²) in [5.74, 6) is -8.03. The van der Waals surface area contributed by atoms with E-state index in [-0.39, 0.29) is 81.0 Å². The van der Waals surface area contributed by atoms with Crippen LogP contribution in [0.1, 0.15) is 82.9 Å². The largest absolute Gasteiger partial charge is 0.478 e. The Bertz CT molecular complexity index is 1860. The van der Waals surface area contributed by atoms with Crippen molar-refractivity contribution in [2.75, 3.05) is 32.8 Å². The van der Waals surface area contributed by atoms with Crippen LogP contribution in [0.15, 0.2) is 48.8 Å². The van der Waals surface area contributed by atoms with E-state index >= 15 is 0 Å². The molecular weight excluding hydrogens is 713 g/mol. The van der Waals surface area contributed by atoms with Gasteiger partial charge in [0.05, 0.1) is 37.1 Å². The molecule has 9 nitrogen and oxygen atoms in total. The van der Waals surface area contributed by atoms with E-state index in [0.29, 0.717) is 0 Å². The molecule has 1 N–H and O–H groups in total. The zero-order chi connectivity index (χ0) is 38.5. The van der Waals surface area contributed by atoms with Gasteiger partial charge < -0.3 is 19.6 Å². The lowest BCUT2D eigenvalue weighted by Gasteiger charge is -2.52. The van der Waals surface area contributed by atoms with E-state index in [9.17, 15) is 50.2 Å². The first kappa shape index (κ1) is 38.3. The summed E-state index contributed by atoms with van der Waals surface area (Å²) >= 11 is 0. The second-order valence-corrected chi connectivity index (χ2v) is 15.1. The van der Waals surface area contributed by atoms with Gasteiger partial charge in [0.15, 0.2) is 0 Å². The van der Waals surface area contributed by atoms with Gasteiger partial charge in [0, 0.05) is 56.6 Å². The molecular formula is C37H39F7N4O5. The molecule has 2 aliphatic heterocycles. The Morgan fingerprint density at radius 2 is 1.60 bits per heavy atom. The van der Waals surface area contributed by atoms with Gasteiger partial charge in [0.2, 0.25) is 11.8 Å². The second-order valence-electron chi connectivity index (χ2n) is 15.1. The summed E-state index contributed by atoms with van der Waals surface area (Å²) in [4.78, 5) is 41.7. The number of halogens is 7. The Hall–Kier alpha value is -4.47. The first-order valence-corrected chi connectivity index (χ1v) is 17.2. The second kappa shape index (κ2) is 14.1. The number of hydrogen-bond donors (Lipinski definition) is 1. The number of alkyl halides is 5. The molecule has 53 heavy (non-hydrogen) atoms. The Kier molecular flexibility index (Phi) is 10.2. The first-order chi connectivity index (χ1) is 24.8. The number of rotatable bonds is 10. The number of carboxylic acids is 1. The minimum absolute atomic E-state index is 0.00396. The maximum absolute atomic E-state index is 14.9. The van der Waals surface area contributed by atoms with Gasteiger partial charge in [-0.05, 0) is 73.6 Å². The SMILES string of the molecule is CC(C)(C(=O)N1CC2(CN(C(=O)c3cnn(Cc4ccc(F)cc4)c3)CC2COCc2cc(F)cc(C3CCC(F)(F)CC3)c2C(=O)O)C1)C(F)(F)F. The molecule has 1 spiro atoms. The number of benzene rings is 2. The summed E-state index contributed by atoms with van der Waals surface area (Å²) in [6.45, 7) is 1.36. The molecule has 0 bridgehead atoms. The topological polar surface area (TPSA) is 105 Å². The molecule has 0 radical (unpaired) electrons. The van der Waals surface area contributed by atoms with Crippen LogP contribution in [0, 0.1) is 28.4 Å². The monoisotopic (exact) mass is 752 g/mol. The third kappa shape index (κ3) is 7.78. The summed E-state index contributed by atoms with van der Waals surface area (Å²) in [6.07, 6.45) is -2.85. The molecule has 1 atom stereocenters. The van der Waals surface area contributed by atoms with E-state index in [2.05, 4.69) is 5.10 Å². The number of carboxylic acid groups (broad SMARTS) is 1. The van der Waals surface area contributed by atoms with Gasteiger partial charge in [-0.25, -0.2) is 22.4 Å². The minimum atomic E-state index is -4.80. The fraction of sp³-hybridized carbons (Fsp3) is 0.514. The van der Waals surface area contributed by atoms with Gasteiger partial charge in [0.25, 0.3) is 5.91 Å². The molecule has 16 heteroatoms. The highest BCUT2D eigenvalue weighted by molar-refractivity contribution is 5.94. The lowest BCUT2D eigenvalue weighted by atomic mass is 9.70. The van der Waals surface area contributed by atoms with Crippen molar-refractivity contribution in [1.82, 2.24) is 19.6 Å². The average Bonchev–Trinajstić information content (AvgIpc) is 3.69. The summed E-state index contributed by atoms with van der Waals surface area (Å²) in [5.41, 5.74) is -2.65. The molecule has 3 fully saturated rings. The first-order valence-electron chi connectivity index (χ1n) is 17.2. The molecule has 286 valence electrons. The molecule has 3 aromatic rings. The quantitative estimate of drug-likeness (QED) is 0.226. The molecule has 2 aromatic carbocycles. The van der Waals surface area contributed by atoms with Crippen molar-refractivity contribution < 1.29 is 55.0 Å². The highest BCUT2D eigenvalue weighted by Crippen LogP contribution is 2.48. The van der Waals surface area contributed by atoms with Crippen molar-refractivity contribution in [2.24, 2.45) is 16.7 Å². The number of likely N-dealkylation sites (tertiary alicyclic amines) is 2. The third-order valence-electron chi connectivity index (χ3n) is 10.9. The van der Waals surface area contributed by atoms with Crippen LogP contribution in [-0.2, 0) is 22.7 Å². The predicted octanol–water partition coefficient (Wildman–Crippen LogP) is 6.91. The van der Waals surface area contributed by atoms with Crippen LogP contribution < -0.4 is 0 Å². The number of amides is 2. The number of nitrogens with zero attached hydrogens (tertiary/aromatic N) is 4. The number of aromatic nitrogens is 2. The molecule has 1 unspecified atom stereocenters. The van der Waals surface area contributed by atoms with E-state index in [0.717, 1.165) is 36.4 Å². The fourth-order valence-electron chi connectivity index (χ4n) is 7.72. The van der Waals surface area contributed by atoms with Crippen LogP contribution in [0.4, 0.5) is 30.7 Å². The van der Waals surface area contributed by atoms with Gasteiger partial charge in [-0.15, -0.1) is 0 Å². The van der Waals surface area contributed by atoms with Gasteiger partial charge in [-0.1, -0.05) is 12.1 Å². The summed E-state index contributed by atoms with van der Waals surface area (Å²) in [6, 6.07) is 7.83. The van der Waals surface area contributed by atoms with Crippen molar-refractivity contribution in [3.63, 3.8) is 0 Å². The third-order valence-corrected chi connectivity index (χ3v) is 10.9. The van der Waals surface area contributed by atoms with Crippen molar-refractivity contribution in [3.05, 3.63) is 88.2 Å². The number of carbonyl (C=O) groups excluding carboxylic acids is 2. The molecule has 1 saturated carbocycles. The fourth-order valence-corrected chi connectivity index (χ4v) is 7.72. The Morgan fingerprint density at radius 1 is 0.962 bits per heavy atom. The van der Waals surface area contributed by atoms with E-state index < -0.39 is 77.0 Å². The van der Waals surface area contributed by atoms with Gasteiger partial charge in [-0.2, -0.15) is 18.3 Å². The smallest absolute Gasteiger partial charge is 0.402 e. The maximum atomic E-state index is 14.9. The molecule has 6 rings (SSSR count). The van der Waals surface area contributed by atoms with E-state index in [1.54, 1.807) is 12.1 Å². The minimum Gasteiger partial charge on any atom is -0.478 e. The van der Waals surface area contributed by atoms with Crippen LogP contribution in [0.5, 0.6) is 0 Å². The van der Waals surface area contributed by atoms with Gasteiger partial charge >= 0.3 is 12.1 Å². The molecule has 2 amide bonds. The predicted molar refractivity (Wildman–Crippen MR) is 175 cm³/mol. The Labute approximate surface area is 300 Å². The van der Waals surface area contributed by atoms with E-state index in [1.807, 2.05) is 0 Å². The van der Waals surface area contributed by atoms with Crippen LogP contribution in [0.25, 0.3) is 0 Å². The van der Waals surface area contributed by atoms with Crippen LogP contribution >= 0.6 is 0 Å². The summed E-state index contributed by atoms with van der Waals surface area (Å²) < 4.78 is 105. The molecule has 2 saturated heterocycles. The number of aromatic carboxylic acids is 1. The van der Waals surface area contributed by atoms with Crippen molar-refractivity contribution >= 4 is 17.8 Å². The average molecular weight is 753 g/mol. The highest BCUT2D eigenvalue weighted by Gasteiger charge is 2.61. The summed E-state index contributed by atoms with van der Waals surface area (Å²) in [5, 5.41) is 14.3. The zero-order valence-electron chi connectivity index (χ0n) is 29.1. The van der Waals surface area contributed by atoms with Crippen molar-refractivity contribution in [2.45, 2.75) is 70.7 Å². The van der Waals surface area contributed by atoms with Gasteiger partial charge in [-0.3, -0.25) is 14.3 Å². The standard InChI is InChI=1S/C37H39F7N4O5/c1-34(2,37(42,43)44)33(52)47-20-35(21-47)19-46(31(49)25-13-45-48(15-25)14-22-3-5-27(38)6-4-22)16-26(35)18-53-17-24-11-28(39)12-29(30(24)32(50)51)23-7-9-36(40,41)10-8-23/h3-6,11-13,15,23,26H,7-10,14,16-21H2,1-2H3,(H,50,51). The summed E-state index contributed by atoms with van der Waals surface area (Å²) in [7, 11) is 0. The van der Waals surface area contributed by atoms with Crippen molar-refractivity contribution in [1.29, 1.82) is 0 Å². The number of carbonyl (C=O) groups is 3. The molecule has 1 aliphatic carbocycles. The van der Waals surface area contributed by atoms with Crippen LogP contribution in [0.3, 0.4) is 0 Å². The molecule has 3 aliphatic rings. The molecule has 3 heterocycles. The van der Waals surface area contributed by atoms with Gasteiger partial charge in [0.1, 0.15) is 17.0 Å². The lowest BCUT2D eigenvalue weighted by Crippen LogP contribution is -2.66. The van der Waals surface area contributed by atoms with E-state index in [1.165, 1.54) is 34.1 Å². The van der Waals surface area contributed by atoms with Crippen LogP contribution in [-0.4, -0.2) is 87.4 Å². The Balaban J connectivity index is 1.19. The number of hydrogen-bond acceptors (Lipinski definition) is 5. The zero-order valence-corrected chi connectivity index (χ0v) is 29.1. The van der Waals surface area contributed by atoms with E-state index in [4.69, 9.17) is 4.74 Å². The normalized spacial score (nSPS) is 20.1. The molecule has 1 aromatic heterocycles. The van der Waals surface area contributed by atoms with Crippen LogP contribution in [0.2, 0.25) is 0 Å². The number of ether oxygens (including phenoxy) is 1. The maximum Gasteiger partial charge on any atom is 0.402 e. The Morgan fingerprint density at radius 3 is 2.23 bits per heavy atom. The van der Waals surface area contributed by atoms with Crippen molar-refractivity contribution in [3.8, 4) is 0 Å².